The minimum absolute atomic E-state index is 0.155. The summed E-state index contributed by atoms with van der Waals surface area (Å²) < 4.78 is 1.22. The average molecular weight is 415 g/mol. The number of aromatic nitrogens is 1. The molecule has 4 nitrogen and oxygen atoms in total. The zero-order valence-corrected chi connectivity index (χ0v) is 17.5. The van der Waals surface area contributed by atoms with Crippen LogP contribution < -0.4 is 5.32 Å². The lowest BCUT2D eigenvalue weighted by Crippen LogP contribution is -2.87. The van der Waals surface area contributed by atoms with E-state index in [-0.39, 0.29) is 11.9 Å². The van der Waals surface area contributed by atoms with Crippen LogP contribution >= 0.6 is 22.9 Å². The van der Waals surface area contributed by atoms with Gasteiger partial charge in [-0.2, -0.15) is 0 Å². The van der Waals surface area contributed by atoms with Gasteiger partial charge in [0.2, 0.25) is 0 Å². The molecule has 2 heterocycles. The van der Waals surface area contributed by atoms with Crippen LogP contribution in [0.25, 0.3) is 10.2 Å². The van der Waals surface area contributed by atoms with Gasteiger partial charge in [-0.25, -0.2) is 4.98 Å². The van der Waals surface area contributed by atoms with Gasteiger partial charge in [0.1, 0.15) is 6.04 Å². The molecule has 1 amide bonds. The van der Waals surface area contributed by atoms with Crippen molar-refractivity contribution in [3.8, 4) is 0 Å². The number of benzene rings is 2. The van der Waals surface area contributed by atoms with Gasteiger partial charge < -0.3 is 10.2 Å². The van der Waals surface area contributed by atoms with E-state index in [0.29, 0.717) is 12.5 Å². The Balaban J connectivity index is 1.37. The molecular formula is C22H25ClN3OS+. The standard InChI is InChI=1S/C22H24ClN3OS/c1-15(17-8-2-3-9-18(17)23)24-13-21(27)26-12-6-7-16(14-26)22-25-19-10-4-5-11-20(19)28-22/h2-5,8-11,15-16,24H,6-7,12-14H2,1H3/p+1/t15-,16-/m0/s1. The van der Waals surface area contributed by atoms with Gasteiger partial charge in [0.05, 0.1) is 15.2 Å². The third-order valence-electron chi connectivity index (χ3n) is 5.48. The van der Waals surface area contributed by atoms with E-state index in [2.05, 4.69) is 30.4 Å². The van der Waals surface area contributed by atoms with Crippen molar-refractivity contribution < 1.29 is 10.1 Å². The first-order valence-electron chi connectivity index (χ1n) is 9.83. The number of nitrogens with zero attached hydrogens (tertiary/aromatic N) is 2. The number of fused-ring (bicyclic) bond motifs is 1. The lowest BCUT2D eigenvalue weighted by molar-refractivity contribution is -0.683. The molecule has 0 aliphatic carbocycles. The first-order chi connectivity index (χ1) is 13.6. The summed E-state index contributed by atoms with van der Waals surface area (Å²) in [7, 11) is 0. The van der Waals surface area contributed by atoms with Crippen LogP contribution in [0, 0.1) is 0 Å². The quantitative estimate of drug-likeness (QED) is 0.686. The van der Waals surface area contributed by atoms with E-state index in [4.69, 9.17) is 16.6 Å². The molecule has 0 saturated carbocycles. The summed E-state index contributed by atoms with van der Waals surface area (Å²) in [6.07, 6.45) is 2.13. The minimum atomic E-state index is 0.155. The van der Waals surface area contributed by atoms with Crippen LogP contribution in [0.2, 0.25) is 5.02 Å². The van der Waals surface area contributed by atoms with Crippen molar-refractivity contribution in [3.05, 3.63) is 64.1 Å². The monoisotopic (exact) mass is 414 g/mol. The van der Waals surface area contributed by atoms with Gasteiger partial charge in [0.25, 0.3) is 5.91 Å². The SMILES string of the molecule is C[C@H]([NH2+]CC(=O)N1CCC[C@H](c2nc3ccccc3s2)C1)c1ccccc1Cl. The highest BCUT2D eigenvalue weighted by atomic mass is 35.5. The fourth-order valence-electron chi connectivity index (χ4n) is 3.85. The number of rotatable bonds is 5. The fourth-order valence-corrected chi connectivity index (χ4v) is 5.25. The van der Waals surface area contributed by atoms with Crippen molar-refractivity contribution in [1.29, 1.82) is 0 Å². The van der Waals surface area contributed by atoms with Crippen molar-refractivity contribution >= 4 is 39.1 Å². The Morgan fingerprint density at radius 2 is 2.07 bits per heavy atom. The summed E-state index contributed by atoms with van der Waals surface area (Å²) in [5, 5.41) is 3.99. The lowest BCUT2D eigenvalue weighted by atomic mass is 9.98. The number of carbonyl (C=O) groups is 1. The molecule has 0 unspecified atom stereocenters. The predicted molar refractivity (Wildman–Crippen MR) is 115 cm³/mol. The Hall–Kier alpha value is -1.95. The maximum atomic E-state index is 12.8. The van der Waals surface area contributed by atoms with Crippen LogP contribution in [0.15, 0.2) is 48.5 Å². The van der Waals surface area contributed by atoms with Crippen LogP contribution in [0.3, 0.4) is 0 Å². The molecule has 2 N–H and O–H groups in total. The van der Waals surface area contributed by atoms with Crippen LogP contribution in [0.1, 0.15) is 42.3 Å². The number of hydrogen-bond acceptors (Lipinski definition) is 3. The first kappa shape index (κ1) is 19.4. The summed E-state index contributed by atoms with van der Waals surface area (Å²) >= 11 is 8.05. The Labute approximate surface area is 174 Å². The maximum absolute atomic E-state index is 12.8. The normalized spacial score (nSPS) is 18.4. The van der Waals surface area contributed by atoms with Gasteiger partial charge in [0, 0.05) is 29.6 Å². The van der Waals surface area contributed by atoms with Gasteiger partial charge >= 0.3 is 0 Å². The molecule has 146 valence electrons. The van der Waals surface area contributed by atoms with Crippen molar-refractivity contribution in [3.63, 3.8) is 0 Å². The smallest absolute Gasteiger partial charge is 0.277 e. The van der Waals surface area contributed by atoms with Crippen molar-refractivity contribution in [2.75, 3.05) is 19.6 Å². The fraction of sp³-hybridized carbons (Fsp3) is 0.364. The number of quaternary nitrogens is 1. The second-order valence-electron chi connectivity index (χ2n) is 7.45. The summed E-state index contributed by atoms with van der Waals surface area (Å²) in [6, 6.07) is 16.3. The number of amides is 1. The average Bonchev–Trinajstić information content (AvgIpc) is 3.16. The summed E-state index contributed by atoms with van der Waals surface area (Å²) in [5.41, 5.74) is 2.14. The first-order valence-corrected chi connectivity index (χ1v) is 11.0. The van der Waals surface area contributed by atoms with E-state index >= 15 is 0 Å². The van der Waals surface area contributed by atoms with E-state index in [1.165, 1.54) is 4.70 Å². The molecule has 6 heteroatoms. The van der Waals surface area contributed by atoms with Crippen molar-refractivity contribution in [2.45, 2.75) is 31.7 Å². The molecule has 0 radical (unpaired) electrons. The van der Waals surface area contributed by atoms with Gasteiger partial charge in [-0.05, 0) is 38.0 Å². The second-order valence-corrected chi connectivity index (χ2v) is 8.92. The molecule has 0 spiro atoms. The van der Waals surface area contributed by atoms with E-state index in [0.717, 1.165) is 47.0 Å². The number of carbonyl (C=O) groups excluding carboxylic acids is 1. The number of hydrogen-bond donors (Lipinski definition) is 1. The highest BCUT2D eigenvalue weighted by Gasteiger charge is 2.28. The van der Waals surface area contributed by atoms with Crippen LogP contribution in [-0.4, -0.2) is 35.4 Å². The Morgan fingerprint density at radius 1 is 1.29 bits per heavy atom. The molecule has 2 aromatic carbocycles. The second kappa shape index (κ2) is 8.60. The molecule has 3 aromatic rings. The largest absolute Gasteiger partial charge is 0.337 e. The zero-order valence-electron chi connectivity index (χ0n) is 16.0. The van der Waals surface area contributed by atoms with Gasteiger partial charge in [-0.15, -0.1) is 11.3 Å². The van der Waals surface area contributed by atoms with Gasteiger partial charge in [0.15, 0.2) is 6.54 Å². The van der Waals surface area contributed by atoms with E-state index in [1.807, 2.05) is 35.2 Å². The van der Waals surface area contributed by atoms with Gasteiger partial charge in [-0.1, -0.05) is 41.9 Å². The molecule has 0 bridgehead atoms. The van der Waals surface area contributed by atoms with E-state index in [9.17, 15) is 4.79 Å². The van der Waals surface area contributed by atoms with Crippen LogP contribution in [0.4, 0.5) is 0 Å². The third-order valence-corrected chi connectivity index (χ3v) is 7.02. The predicted octanol–water partition coefficient (Wildman–Crippen LogP) is 3.98. The van der Waals surface area contributed by atoms with Gasteiger partial charge in [-0.3, -0.25) is 4.79 Å². The number of nitrogens with two attached hydrogens (primary N) is 1. The zero-order chi connectivity index (χ0) is 19.5. The molecule has 1 aliphatic rings. The molecule has 1 saturated heterocycles. The molecule has 1 aromatic heterocycles. The number of thiazole rings is 1. The lowest BCUT2D eigenvalue weighted by Gasteiger charge is -2.31. The topological polar surface area (TPSA) is 49.8 Å². The molecule has 1 fully saturated rings. The van der Waals surface area contributed by atoms with Crippen molar-refractivity contribution in [1.82, 2.24) is 9.88 Å². The molecule has 28 heavy (non-hydrogen) atoms. The molecule has 2 atom stereocenters. The van der Waals surface area contributed by atoms with Crippen LogP contribution in [0.5, 0.6) is 0 Å². The van der Waals surface area contributed by atoms with E-state index in [1.54, 1.807) is 11.3 Å². The molecular weight excluding hydrogens is 390 g/mol. The minimum Gasteiger partial charge on any atom is -0.337 e. The Bertz CT molecular complexity index is 940. The molecule has 1 aliphatic heterocycles. The summed E-state index contributed by atoms with van der Waals surface area (Å²) in [4.78, 5) is 19.6. The number of likely N-dealkylation sites (tertiary alicyclic amines) is 1. The summed E-state index contributed by atoms with van der Waals surface area (Å²) in [6.45, 7) is 4.15. The van der Waals surface area contributed by atoms with Crippen molar-refractivity contribution in [2.24, 2.45) is 0 Å². The summed E-state index contributed by atoms with van der Waals surface area (Å²) in [5.74, 6) is 0.542. The molecule has 4 rings (SSSR count). The third kappa shape index (κ3) is 4.22. The Kier molecular flexibility index (Phi) is 5.95. The number of para-hydroxylation sites is 1. The highest BCUT2D eigenvalue weighted by Crippen LogP contribution is 2.32. The number of piperidine rings is 1. The van der Waals surface area contributed by atoms with E-state index < -0.39 is 0 Å². The Morgan fingerprint density at radius 3 is 2.89 bits per heavy atom. The number of halogens is 1. The highest BCUT2D eigenvalue weighted by molar-refractivity contribution is 7.18. The maximum Gasteiger partial charge on any atom is 0.277 e. The van der Waals surface area contributed by atoms with Crippen LogP contribution in [-0.2, 0) is 4.79 Å².